The highest BCUT2D eigenvalue weighted by molar-refractivity contribution is 5.94. The molecule has 3 aliphatic heterocycles. The summed E-state index contributed by atoms with van der Waals surface area (Å²) in [4.78, 5) is 22.3. The van der Waals surface area contributed by atoms with Crippen molar-refractivity contribution in [2.24, 2.45) is 11.1 Å². The van der Waals surface area contributed by atoms with E-state index in [1.807, 2.05) is 13.0 Å². The predicted octanol–water partition coefficient (Wildman–Crippen LogP) is 3.77. The fourth-order valence-electron chi connectivity index (χ4n) is 4.77. The van der Waals surface area contributed by atoms with Crippen LogP contribution in [0, 0.1) is 5.92 Å². The second-order valence-electron chi connectivity index (χ2n) is 8.75. The summed E-state index contributed by atoms with van der Waals surface area (Å²) in [5, 5.41) is 7.42. The van der Waals surface area contributed by atoms with E-state index in [2.05, 4.69) is 70.5 Å². The number of nitrogens with one attached hydrogen (secondary N) is 1. The van der Waals surface area contributed by atoms with Crippen molar-refractivity contribution in [2.75, 3.05) is 38.0 Å². The first kappa shape index (κ1) is 21.6. The summed E-state index contributed by atoms with van der Waals surface area (Å²) < 4.78 is 0. The first-order valence-corrected chi connectivity index (χ1v) is 11.5. The fourth-order valence-corrected chi connectivity index (χ4v) is 4.77. The molecule has 3 atom stereocenters. The number of amidine groups is 1. The number of anilines is 1. The zero-order chi connectivity index (χ0) is 21.8. The van der Waals surface area contributed by atoms with Gasteiger partial charge >= 0.3 is 0 Å². The maximum absolute atomic E-state index is 11.7. The summed E-state index contributed by atoms with van der Waals surface area (Å²) in [5.74, 6) is 1.67. The number of allylic oxidation sites excluding steroid dienone is 2. The van der Waals surface area contributed by atoms with Gasteiger partial charge in [-0.05, 0) is 49.5 Å². The van der Waals surface area contributed by atoms with Crippen molar-refractivity contribution in [3.8, 4) is 0 Å². The van der Waals surface area contributed by atoms with Gasteiger partial charge in [0.15, 0.2) is 11.9 Å². The van der Waals surface area contributed by atoms with Gasteiger partial charge in [-0.15, -0.1) is 0 Å². The summed E-state index contributed by atoms with van der Waals surface area (Å²) in [6.45, 7) is 11.3. The Balaban J connectivity index is 1.30. The van der Waals surface area contributed by atoms with Crippen molar-refractivity contribution in [1.82, 2.24) is 9.80 Å². The average Bonchev–Trinajstić information content (AvgIpc) is 3.16. The monoisotopic (exact) mass is 422 g/mol. The number of amides is 1. The first-order chi connectivity index (χ1) is 15.1. The van der Waals surface area contributed by atoms with Gasteiger partial charge in [-0.3, -0.25) is 9.69 Å². The third kappa shape index (κ3) is 4.85. The lowest BCUT2D eigenvalue weighted by molar-refractivity contribution is -0.116. The number of benzene rings is 1. The minimum Gasteiger partial charge on any atom is -0.386 e. The fraction of sp³-hybridized carbons (Fsp3) is 0.520. The molecule has 0 aromatic heterocycles. The number of oxime groups is 1. The number of hydrogen-bond donors (Lipinski definition) is 1. The number of piperazine rings is 1. The Morgan fingerprint density at radius 1 is 1.16 bits per heavy atom. The highest BCUT2D eigenvalue weighted by atomic mass is 16.6. The Morgan fingerprint density at radius 2 is 1.94 bits per heavy atom. The average molecular weight is 423 g/mol. The van der Waals surface area contributed by atoms with E-state index in [1.54, 1.807) is 0 Å². The van der Waals surface area contributed by atoms with Gasteiger partial charge in [-0.2, -0.15) is 0 Å². The molecule has 1 saturated heterocycles. The maximum atomic E-state index is 11.7. The van der Waals surface area contributed by atoms with Crippen LogP contribution in [0.2, 0.25) is 0 Å². The van der Waals surface area contributed by atoms with Crippen LogP contribution < -0.4 is 5.32 Å². The maximum Gasteiger partial charge on any atom is 0.224 e. The van der Waals surface area contributed by atoms with Gasteiger partial charge in [0.2, 0.25) is 5.91 Å². The minimum atomic E-state index is 0.00501. The van der Waals surface area contributed by atoms with Crippen LogP contribution in [0.25, 0.3) is 0 Å². The Labute approximate surface area is 185 Å². The number of rotatable bonds is 5. The number of carbonyl (C=O) groups is 1. The van der Waals surface area contributed by atoms with E-state index in [1.165, 1.54) is 11.1 Å². The van der Waals surface area contributed by atoms with Gasteiger partial charge in [0.05, 0.1) is 5.92 Å². The Hall–Kier alpha value is -2.60. The second kappa shape index (κ2) is 9.69. The van der Waals surface area contributed by atoms with E-state index in [-0.39, 0.29) is 23.8 Å². The van der Waals surface area contributed by atoms with Crippen molar-refractivity contribution in [1.29, 1.82) is 0 Å². The van der Waals surface area contributed by atoms with Crippen LogP contribution in [0.3, 0.4) is 0 Å². The SMILES string of the molecule is C/C=C\C1ON=C(N2CCN(CCc3ccc4c(c3)C(C)CC(=O)N4)CC2)C1/C=C\C. The van der Waals surface area contributed by atoms with E-state index in [4.69, 9.17) is 4.84 Å². The number of fused-ring (bicyclic) bond motifs is 1. The minimum absolute atomic E-state index is 0.00501. The third-order valence-electron chi connectivity index (χ3n) is 6.53. The zero-order valence-corrected chi connectivity index (χ0v) is 18.9. The molecule has 1 fully saturated rings. The molecule has 1 amide bonds. The molecule has 3 unspecified atom stereocenters. The van der Waals surface area contributed by atoms with E-state index < -0.39 is 0 Å². The largest absolute Gasteiger partial charge is 0.386 e. The van der Waals surface area contributed by atoms with Crippen LogP contribution in [-0.4, -0.2) is 60.4 Å². The standard InChI is InChI=1S/C25H34N4O2/c1-4-6-20-23(7-5-2)31-27-25(20)29-14-12-28(13-15-29)11-10-19-8-9-22-21(17-19)18(3)16-24(30)26-22/h4-9,17-18,20,23H,10-16H2,1-3H3,(H,26,30)/b6-4-,7-5-. The molecule has 6 heteroatoms. The van der Waals surface area contributed by atoms with Gasteiger partial charge in [0, 0.05) is 44.8 Å². The summed E-state index contributed by atoms with van der Waals surface area (Å²) >= 11 is 0. The third-order valence-corrected chi connectivity index (χ3v) is 6.53. The van der Waals surface area contributed by atoms with Crippen molar-refractivity contribution in [3.05, 3.63) is 53.6 Å². The molecule has 0 bridgehead atoms. The topological polar surface area (TPSA) is 57.2 Å². The molecule has 166 valence electrons. The van der Waals surface area contributed by atoms with Crippen LogP contribution in [0.1, 0.15) is 44.2 Å². The molecule has 4 rings (SSSR count). The van der Waals surface area contributed by atoms with Crippen molar-refractivity contribution >= 4 is 17.4 Å². The van der Waals surface area contributed by atoms with E-state index in [0.29, 0.717) is 6.42 Å². The van der Waals surface area contributed by atoms with Crippen LogP contribution in [-0.2, 0) is 16.1 Å². The van der Waals surface area contributed by atoms with Gasteiger partial charge < -0.3 is 15.1 Å². The van der Waals surface area contributed by atoms with Crippen LogP contribution in [0.4, 0.5) is 5.69 Å². The molecule has 0 aliphatic carbocycles. The summed E-state index contributed by atoms with van der Waals surface area (Å²) in [5.41, 5.74) is 3.60. The Bertz CT molecular complexity index is 884. The molecular formula is C25H34N4O2. The molecule has 1 aromatic carbocycles. The molecule has 1 aromatic rings. The van der Waals surface area contributed by atoms with E-state index in [9.17, 15) is 4.79 Å². The molecule has 31 heavy (non-hydrogen) atoms. The highest BCUT2D eigenvalue weighted by Crippen LogP contribution is 2.32. The number of hydrogen-bond acceptors (Lipinski definition) is 5. The summed E-state index contributed by atoms with van der Waals surface area (Å²) in [6, 6.07) is 6.50. The highest BCUT2D eigenvalue weighted by Gasteiger charge is 2.35. The van der Waals surface area contributed by atoms with Crippen LogP contribution >= 0.6 is 0 Å². The predicted molar refractivity (Wildman–Crippen MR) is 125 cm³/mol. The van der Waals surface area contributed by atoms with Crippen molar-refractivity contribution < 1.29 is 9.63 Å². The smallest absolute Gasteiger partial charge is 0.224 e. The molecule has 1 N–H and O–H groups in total. The quantitative estimate of drug-likeness (QED) is 0.734. The van der Waals surface area contributed by atoms with Crippen LogP contribution in [0.15, 0.2) is 47.7 Å². The lowest BCUT2D eigenvalue weighted by Crippen LogP contribution is -2.50. The van der Waals surface area contributed by atoms with Crippen molar-refractivity contribution in [2.45, 2.75) is 45.6 Å². The Kier molecular flexibility index (Phi) is 6.76. The first-order valence-electron chi connectivity index (χ1n) is 11.5. The molecule has 6 nitrogen and oxygen atoms in total. The zero-order valence-electron chi connectivity index (χ0n) is 18.9. The molecule has 0 spiro atoms. The second-order valence-corrected chi connectivity index (χ2v) is 8.75. The van der Waals surface area contributed by atoms with E-state index >= 15 is 0 Å². The molecule has 3 aliphatic rings. The van der Waals surface area contributed by atoms with Crippen molar-refractivity contribution in [3.63, 3.8) is 0 Å². The molecule has 0 radical (unpaired) electrons. The number of nitrogens with zero attached hydrogens (tertiary/aromatic N) is 3. The van der Waals surface area contributed by atoms with Gasteiger partial charge in [-0.1, -0.05) is 42.4 Å². The lowest BCUT2D eigenvalue weighted by Gasteiger charge is -2.36. The molecule has 3 heterocycles. The summed E-state index contributed by atoms with van der Waals surface area (Å²) in [7, 11) is 0. The Morgan fingerprint density at radius 3 is 2.68 bits per heavy atom. The molecular weight excluding hydrogens is 388 g/mol. The normalized spacial score (nSPS) is 26.8. The molecule has 0 saturated carbocycles. The van der Waals surface area contributed by atoms with E-state index in [0.717, 1.165) is 50.7 Å². The van der Waals surface area contributed by atoms with Gasteiger partial charge in [-0.25, -0.2) is 0 Å². The van der Waals surface area contributed by atoms with Gasteiger partial charge in [0.1, 0.15) is 0 Å². The number of carbonyl (C=O) groups excluding carboxylic acids is 1. The van der Waals surface area contributed by atoms with Gasteiger partial charge in [0.25, 0.3) is 0 Å². The lowest BCUT2D eigenvalue weighted by atomic mass is 9.90. The van der Waals surface area contributed by atoms with Crippen LogP contribution in [0.5, 0.6) is 0 Å². The summed E-state index contributed by atoms with van der Waals surface area (Å²) in [6.07, 6.45) is 10.0.